The topological polar surface area (TPSA) is 78.9 Å². The van der Waals surface area contributed by atoms with E-state index in [1.807, 2.05) is 0 Å². The van der Waals surface area contributed by atoms with Crippen LogP contribution in [0.1, 0.15) is 66.2 Å². The smallest absolute Gasteiger partial charge is 0.306 e. The molecule has 1 fully saturated rings. The molecule has 1 aliphatic carbocycles. The van der Waals surface area contributed by atoms with Crippen molar-refractivity contribution in [2.45, 2.75) is 66.2 Å². The number of hydrogen-bond donors (Lipinski definition) is 0. The zero-order valence-corrected chi connectivity index (χ0v) is 17.3. The summed E-state index contributed by atoms with van der Waals surface area (Å²) in [7, 11) is 0. The highest BCUT2D eigenvalue weighted by molar-refractivity contribution is 5.70. The number of carbonyl (C=O) groups excluding carboxylic acids is 3. The molecule has 6 nitrogen and oxygen atoms in total. The van der Waals surface area contributed by atoms with E-state index in [9.17, 15) is 14.4 Å². The highest BCUT2D eigenvalue weighted by atomic mass is 16.5. The van der Waals surface area contributed by atoms with Gasteiger partial charge in [0.1, 0.15) is 19.8 Å². The average molecular weight is 385 g/mol. The molecule has 0 aromatic carbocycles. The predicted molar refractivity (Wildman–Crippen MR) is 102 cm³/mol. The minimum Gasteiger partial charge on any atom is -0.467 e. The maximum Gasteiger partial charge on any atom is 0.306 e. The van der Waals surface area contributed by atoms with Gasteiger partial charge in [0.15, 0.2) is 0 Å². The standard InChI is InChI=1S/C21H36O6/c1-5-16(2)7-21(8-17(3)6-18(4)9-21)10-20(24)27-13-19(11-25-14-22)12-26-15-23/h14-19H,5-13H2,1-4H3. The first-order chi connectivity index (χ1) is 12.8. The van der Waals surface area contributed by atoms with Crippen molar-refractivity contribution in [3.63, 3.8) is 0 Å². The summed E-state index contributed by atoms with van der Waals surface area (Å²) in [6.45, 7) is 9.84. The lowest BCUT2D eigenvalue weighted by molar-refractivity contribution is -0.151. The molecule has 0 spiro atoms. The van der Waals surface area contributed by atoms with Crippen LogP contribution in [0, 0.1) is 29.1 Å². The fourth-order valence-electron chi connectivity index (χ4n) is 4.75. The van der Waals surface area contributed by atoms with Gasteiger partial charge in [-0.3, -0.25) is 14.4 Å². The van der Waals surface area contributed by atoms with Crippen LogP contribution in [0.15, 0.2) is 0 Å². The molecule has 0 aromatic heterocycles. The molecule has 3 unspecified atom stereocenters. The largest absolute Gasteiger partial charge is 0.467 e. The molecule has 156 valence electrons. The van der Waals surface area contributed by atoms with E-state index < -0.39 is 0 Å². The molecule has 0 amide bonds. The molecule has 0 aromatic rings. The van der Waals surface area contributed by atoms with Crippen molar-refractivity contribution in [3.8, 4) is 0 Å². The van der Waals surface area contributed by atoms with Gasteiger partial charge >= 0.3 is 5.97 Å². The lowest BCUT2D eigenvalue weighted by atomic mass is 9.61. The molecule has 27 heavy (non-hydrogen) atoms. The van der Waals surface area contributed by atoms with Crippen LogP contribution in [0.25, 0.3) is 0 Å². The summed E-state index contributed by atoms with van der Waals surface area (Å²) < 4.78 is 14.9. The maximum absolute atomic E-state index is 12.6. The van der Waals surface area contributed by atoms with Gasteiger partial charge in [-0.1, -0.05) is 34.1 Å². The Morgan fingerprint density at radius 1 is 1.07 bits per heavy atom. The van der Waals surface area contributed by atoms with E-state index in [0.717, 1.165) is 25.7 Å². The molecule has 0 N–H and O–H groups in total. The lowest BCUT2D eigenvalue weighted by Gasteiger charge is -2.44. The van der Waals surface area contributed by atoms with E-state index in [2.05, 4.69) is 27.7 Å². The minimum absolute atomic E-state index is 0.00230. The van der Waals surface area contributed by atoms with Crippen molar-refractivity contribution in [1.82, 2.24) is 0 Å². The van der Waals surface area contributed by atoms with Crippen LogP contribution in [-0.2, 0) is 28.6 Å². The monoisotopic (exact) mass is 384 g/mol. The van der Waals surface area contributed by atoms with Crippen LogP contribution in [0.3, 0.4) is 0 Å². The molecule has 0 heterocycles. The van der Waals surface area contributed by atoms with E-state index >= 15 is 0 Å². The second-order valence-electron chi connectivity index (χ2n) is 8.66. The number of ether oxygens (including phenoxy) is 3. The predicted octanol–water partition coefficient (Wildman–Crippen LogP) is 3.76. The zero-order chi connectivity index (χ0) is 20.3. The van der Waals surface area contributed by atoms with Crippen molar-refractivity contribution in [2.75, 3.05) is 19.8 Å². The van der Waals surface area contributed by atoms with Crippen molar-refractivity contribution in [3.05, 3.63) is 0 Å². The Bertz CT molecular complexity index is 442. The summed E-state index contributed by atoms with van der Waals surface area (Å²) in [5, 5.41) is 0. The van der Waals surface area contributed by atoms with E-state index in [1.54, 1.807) is 0 Å². The summed E-state index contributed by atoms with van der Waals surface area (Å²) in [6.07, 6.45) is 5.89. The minimum atomic E-state index is -0.348. The van der Waals surface area contributed by atoms with Crippen LogP contribution in [0.5, 0.6) is 0 Å². The Hall–Kier alpha value is -1.59. The quantitative estimate of drug-likeness (QED) is 0.273. The zero-order valence-electron chi connectivity index (χ0n) is 17.3. The van der Waals surface area contributed by atoms with Crippen molar-refractivity contribution < 1.29 is 28.6 Å². The van der Waals surface area contributed by atoms with Crippen LogP contribution in [-0.4, -0.2) is 38.7 Å². The Labute approximate surface area is 163 Å². The Morgan fingerprint density at radius 2 is 1.63 bits per heavy atom. The molecule has 6 heteroatoms. The lowest BCUT2D eigenvalue weighted by Crippen LogP contribution is -2.36. The number of carbonyl (C=O) groups is 3. The van der Waals surface area contributed by atoms with Gasteiger partial charge in [0.2, 0.25) is 0 Å². The van der Waals surface area contributed by atoms with Crippen LogP contribution >= 0.6 is 0 Å². The van der Waals surface area contributed by atoms with Gasteiger partial charge in [0.25, 0.3) is 12.9 Å². The van der Waals surface area contributed by atoms with Crippen molar-refractivity contribution >= 4 is 18.9 Å². The number of esters is 1. The first kappa shape index (κ1) is 23.4. The fraction of sp³-hybridized carbons (Fsp3) is 0.857. The number of rotatable bonds is 13. The normalized spacial score (nSPS) is 26.3. The van der Waals surface area contributed by atoms with Crippen molar-refractivity contribution in [2.24, 2.45) is 29.1 Å². The number of hydrogen-bond acceptors (Lipinski definition) is 6. The summed E-state index contributed by atoms with van der Waals surface area (Å²) in [6, 6.07) is 0. The first-order valence-electron chi connectivity index (χ1n) is 10.1. The summed E-state index contributed by atoms with van der Waals surface area (Å²) in [5.74, 6) is 1.23. The summed E-state index contributed by atoms with van der Waals surface area (Å²) in [5.41, 5.74) is -0.00230. The van der Waals surface area contributed by atoms with Crippen molar-refractivity contribution in [1.29, 1.82) is 0 Å². The van der Waals surface area contributed by atoms with Gasteiger partial charge in [0, 0.05) is 0 Å². The van der Waals surface area contributed by atoms with Crippen LogP contribution < -0.4 is 0 Å². The van der Waals surface area contributed by atoms with Gasteiger partial charge < -0.3 is 14.2 Å². The SMILES string of the molecule is CCC(C)CC1(CC(=O)OCC(COC=O)COC=O)CC(C)CC(C)C1. The van der Waals surface area contributed by atoms with Gasteiger partial charge in [-0.05, 0) is 48.9 Å². The maximum atomic E-state index is 12.6. The molecule has 1 saturated carbocycles. The third-order valence-corrected chi connectivity index (χ3v) is 5.65. The molecule has 3 atom stereocenters. The molecule has 1 rings (SSSR count). The van der Waals surface area contributed by atoms with E-state index in [1.165, 1.54) is 6.42 Å². The summed E-state index contributed by atoms with van der Waals surface area (Å²) >= 11 is 0. The van der Waals surface area contributed by atoms with Crippen LogP contribution in [0.2, 0.25) is 0 Å². The Kier molecular flexibility index (Phi) is 10.4. The summed E-state index contributed by atoms with van der Waals surface area (Å²) in [4.78, 5) is 33.4. The molecular weight excluding hydrogens is 348 g/mol. The molecule has 0 radical (unpaired) electrons. The Morgan fingerprint density at radius 3 is 2.11 bits per heavy atom. The highest BCUT2D eigenvalue weighted by Crippen LogP contribution is 2.49. The van der Waals surface area contributed by atoms with Gasteiger partial charge in [0.05, 0.1) is 12.3 Å². The van der Waals surface area contributed by atoms with Gasteiger partial charge in [-0.25, -0.2) is 0 Å². The molecular formula is C21H36O6. The second kappa shape index (κ2) is 12.0. The molecule has 0 aliphatic heterocycles. The fourth-order valence-corrected chi connectivity index (χ4v) is 4.75. The Balaban J connectivity index is 2.68. The third kappa shape index (κ3) is 8.76. The van der Waals surface area contributed by atoms with E-state index in [4.69, 9.17) is 14.2 Å². The van der Waals surface area contributed by atoms with E-state index in [0.29, 0.717) is 37.1 Å². The van der Waals surface area contributed by atoms with Gasteiger partial charge in [-0.15, -0.1) is 0 Å². The van der Waals surface area contributed by atoms with Crippen LogP contribution in [0.4, 0.5) is 0 Å². The highest BCUT2D eigenvalue weighted by Gasteiger charge is 2.40. The van der Waals surface area contributed by atoms with Gasteiger partial charge in [-0.2, -0.15) is 0 Å². The average Bonchev–Trinajstić information content (AvgIpc) is 2.59. The molecule has 1 aliphatic rings. The van der Waals surface area contributed by atoms with E-state index in [-0.39, 0.29) is 37.1 Å². The first-order valence-corrected chi connectivity index (χ1v) is 10.1. The third-order valence-electron chi connectivity index (χ3n) is 5.65. The molecule has 0 bridgehead atoms. The molecule has 0 saturated heterocycles. The second-order valence-corrected chi connectivity index (χ2v) is 8.66.